The van der Waals surface area contributed by atoms with E-state index in [9.17, 15) is 4.79 Å². The molecule has 1 aliphatic heterocycles. The molecule has 1 aromatic rings. The van der Waals surface area contributed by atoms with Gasteiger partial charge in [0.15, 0.2) is 0 Å². The summed E-state index contributed by atoms with van der Waals surface area (Å²) in [5.74, 6) is 0.980. The first-order valence-electron chi connectivity index (χ1n) is 7.40. The summed E-state index contributed by atoms with van der Waals surface area (Å²) in [5, 5.41) is 3.12. The van der Waals surface area contributed by atoms with E-state index in [-0.39, 0.29) is 11.8 Å². The summed E-state index contributed by atoms with van der Waals surface area (Å²) in [6.45, 7) is 4.35. The summed E-state index contributed by atoms with van der Waals surface area (Å²) in [6.07, 6.45) is 4.87. The highest BCUT2D eigenvalue weighted by Gasteiger charge is 2.39. The highest BCUT2D eigenvalue weighted by molar-refractivity contribution is 5.97. The fourth-order valence-electron chi connectivity index (χ4n) is 2.90. The standard InChI is InChI=1S/C16H22N2O/c1-12-11-13(12)16(19)17-14-7-3-4-8-15(14)18-9-5-2-6-10-18/h3-4,7-8,12-13H,2,5-6,9-11H2,1H3,(H,17,19)/t12-,13-/m1/s1. The maximum atomic E-state index is 12.1. The molecule has 1 saturated carbocycles. The van der Waals surface area contributed by atoms with Crippen LogP contribution in [-0.4, -0.2) is 19.0 Å². The minimum absolute atomic E-state index is 0.192. The molecule has 1 aromatic carbocycles. The van der Waals surface area contributed by atoms with Gasteiger partial charge in [0, 0.05) is 19.0 Å². The molecule has 0 radical (unpaired) electrons. The molecule has 0 bridgehead atoms. The van der Waals surface area contributed by atoms with Crippen molar-refractivity contribution in [1.82, 2.24) is 0 Å². The molecule has 0 unspecified atom stereocenters. The molecule has 19 heavy (non-hydrogen) atoms. The van der Waals surface area contributed by atoms with E-state index < -0.39 is 0 Å². The van der Waals surface area contributed by atoms with Crippen molar-refractivity contribution in [2.24, 2.45) is 11.8 Å². The van der Waals surface area contributed by atoms with Gasteiger partial charge in [0.1, 0.15) is 0 Å². The van der Waals surface area contributed by atoms with Crippen LogP contribution in [0.5, 0.6) is 0 Å². The zero-order chi connectivity index (χ0) is 13.2. The first-order valence-corrected chi connectivity index (χ1v) is 7.40. The normalized spacial score (nSPS) is 26.1. The van der Waals surface area contributed by atoms with E-state index in [2.05, 4.69) is 29.3 Å². The molecule has 3 nitrogen and oxygen atoms in total. The molecule has 1 amide bonds. The molecule has 2 atom stereocenters. The van der Waals surface area contributed by atoms with Crippen molar-refractivity contribution in [2.75, 3.05) is 23.3 Å². The van der Waals surface area contributed by atoms with Crippen LogP contribution < -0.4 is 10.2 Å². The lowest BCUT2D eigenvalue weighted by atomic mass is 10.1. The third-order valence-corrected chi connectivity index (χ3v) is 4.30. The molecule has 2 fully saturated rings. The number of hydrogen-bond donors (Lipinski definition) is 1. The van der Waals surface area contributed by atoms with Crippen LogP contribution in [0.4, 0.5) is 11.4 Å². The van der Waals surface area contributed by atoms with Crippen molar-refractivity contribution in [3.8, 4) is 0 Å². The van der Waals surface area contributed by atoms with Crippen molar-refractivity contribution in [3.05, 3.63) is 24.3 Å². The van der Waals surface area contributed by atoms with Gasteiger partial charge in [-0.15, -0.1) is 0 Å². The Morgan fingerprint density at radius 1 is 1.21 bits per heavy atom. The maximum Gasteiger partial charge on any atom is 0.227 e. The van der Waals surface area contributed by atoms with E-state index in [4.69, 9.17) is 0 Å². The summed E-state index contributed by atoms with van der Waals surface area (Å²) in [5.41, 5.74) is 2.16. The number of para-hydroxylation sites is 2. The smallest absolute Gasteiger partial charge is 0.227 e. The van der Waals surface area contributed by atoms with E-state index in [1.165, 1.54) is 24.9 Å². The summed E-state index contributed by atoms with van der Waals surface area (Å²) in [4.78, 5) is 14.5. The van der Waals surface area contributed by atoms with Gasteiger partial charge in [0.05, 0.1) is 11.4 Å². The second-order valence-corrected chi connectivity index (χ2v) is 5.87. The molecule has 0 spiro atoms. The highest BCUT2D eigenvalue weighted by atomic mass is 16.2. The van der Waals surface area contributed by atoms with Crippen molar-refractivity contribution in [2.45, 2.75) is 32.6 Å². The zero-order valence-corrected chi connectivity index (χ0v) is 11.6. The largest absolute Gasteiger partial charge is 0.370 e. The van der Waals surface area contributed by atoms with Gasteiger partial charge < -0.3 is 10.2 Å². The van der Waals surface area contributed by atoms with Gasteiger partial charge in [-0.3, -0.25) is 4.79 Å². The number of amides is 1. The van der Waals surface area contributed by atoms with Crippen LogP contribution in [0.2, 0.25) is 0 Å². The monoisotopic (exact) mass is 258 g/mol. The third-order valence-electron chi connectivity index (χ3n) is 4.30. The van der Waals surface area contributed by atoms with E-state index in [1.807, 2.05) is 12.1 Å². The van der Waals surface area contributed by atoms with Crippen LogP contribution in [0.1, 0.15) is 32.6 Å². The summed E-state index contributed by atoms with van der Waals surface area (Å²) in [7, 11) is 0. The fraction of sp³-hybridized carbons (Fsp3) is 0.562. The van der Waals surface area contributed by atoms with Crippen LogP contribution in [0.25, 0.3) is 0 Å². The molecular formula is C16H22N2O. The average Bonchev–Trinajstić information content (AvgIpc) is 3.18. The molecule has 1 N–H and O–H groups in total. The molecule has 1 heterocycles. The lowest BCUT2D eigenvalue weighted by Gasteiger charge is -2.30. The SMILES string of the molecule is C[C@@H]1C[C@H]1C(=O)Nc1ccccc1N1CCCCC1. The van der Waals surface area contributed by atoms with Gasteiger partial charge in [-0.05, 0) is 43.7 Å². The first-order chi connectivity index (χ1) is 9.25. The van der Waals surface area contributed by atoms with E-state index in [0.717, 1.165) is 25.2 Å². The van der Waals surface area contributed by atoms with Gasteiger partial charge in [0.2, 0.25) is 5.91 Å². The number of carbonyl (C=O) groups is 1. The van der Waals surface area contributed by atoms with E-state index in [0.29, 0.717) is 5.92 Å². The molecule has 102 valence electrons. The lowest BCUT2D eigenvalue weighted by Crippen LogP contribution is -2.30. The number of piperidine rings is 1. The predicted octanol–water partition coefficient (Wildman–Crippen LogP) is 3.27. The molecular weight excluding hydrogens is 236 g/mol. The second-order valence-electron chi connectivity index (χ2n) is 5.87. The Morgan fingerprint density at radius 3 is 2.58 bits per heavy atom. The number of benzene rings is 1. The Labute approximate surface area is 115 Å². The number of hydrogen-bond acceptors (Lipinski definition) is 2. The lowest BCUT2D eigenvalue weighted by molar-refractivity contribution is -0.117. The Hall–Kier alpha value is -1.51. The summed E-state index contributed by atoms with van der Waals surface area (Å²) >= 11 is 0. The van der Waals surface area contributed by atoms with Crippen LogP contribution >= 0.6 is 0 Å². The van der Waals surface area contributed by atoms with Crippen molar-refractivity contribution in [3.63, 3.8) is 0 Å². The molecule has 1 saturated heterocycles. The number of nitrogens with zero attached hydrogens (tertiary/aromatic N) is 1. The van der Waals surface area contributed by atoms with Crippen LogP contribution in [0.15, 0.2) is 24.3 Å². The van der Waals surface area contributed by atoms with Crippen molar-refractivity contribution >= 4 is 17.3 Å². The number of nitrogens with one attached hydrogen (secondary N) is 1. The van der Waals surface area contributed by atoms with Crippen molar-refractivity contribution < 1.29 is 4.79 Å². The Balaban J connectivity index is 1.74. The Bertz CT molecular complexity index is 466. The van der Waals surface area contributed by atoms with Crippen LogP contribution in [0.3, 0.4) is 0 Å². The van der Waals surface area contributed by atoms with Crippen molar-refractivity contribution in [1.29, 1.82) is 0 Å². The Kier molecular flexibility index (Phi) is 3.45. The molecule has 3 rings (SSSR count). The molecule has 1 aliphatic carbocycles. The molecule has 3 heteroatoms. The highest BCUT2D eigenvalue weighted by Crippen LogP contribution is 2.39. The fourth-order valence-corrected chi connectivity index (χ4v) is 2.90. The van der Waals surface area contributed by atoms with E-state index >= 15 is 0 Å². The number of anilines is 2. The first kappa shape index (κ1) is 12.5. The summed E-state index contributed by atoms with van der Waals surface area (Å²) in [6, 6.07) is 8.20. The van der Waals surface area contributed by atoms with Gasteiger partial charge in [-0.1, -0.05) is 19.1 Å². The molecule has 2 aliphatic rings. The minimum atomic E-state index is 0.192. The average molecular weight is 258 g/mol. The van der Waals surface area contributed by atoms with Crippen LogP contribution in [0, 0.1) is 11.8 Å². The summed E-state index contributed by atoms with van der Waals surface area (Å²) < 4.78 is 0. The predicted molar refractivity (Wildman–Crippen MR) is 78.4 cm³/mol. The number of carbonyl (C=O) groups excluding carboxylic acids is 1. The quantitative estimate of drug-likeness (QED) is 0.902. The zero-order valence-electron chi connectivity index (χ0n) is 11.6. The topological polar surface area (TPSA) is 32.3 Å². The molecule has 0 aromatic heterocycles. The van der Waals surface area contributed by atoms with Gasteiger partial charge in [-0.25, -0.2) is 0 Å². The van der Waals surface area contributed by atoms with E-state index in [1.54, 1.807) is 0 Å². The Morgan fingerprint density at radius 2 is 1.89 bits per heavy atom. The van der Waals surface area contributed by atoms with Gasteiger partial charge >= 0.3 is 0 Å². The number of rotatable bonds is 3. The van der Waals surface area contributed by atoms with Crippen LogP contribution in [-0.2, 0) is 4.79 Å². The maximum absolute atomic E-state index is 12.1. The second kappa shape index (κ2) is 5.24. The van der Waals surface area contributed by atoms with Gasteiger partial charge in [-0.2, -0.15) is 0 Å². The van der Waals surface area contributed by atoms with Gasteiger partial charge in [0.25, 0.3) is 0 Å². The third kappa shape index (κ3) is 2.75. The minimum Gasteiger partial charge on any atom is -0.370 e.